The zero-order valence-corrected chi connectivity index (χ0v) is 25.7. The molecule has 236 valence electrons. The molecule has 1 heterocycles. The minimum Gasteiger partial charge on any atom is -0.492 e. The molecule has 0 aromatic heterocycles. The fourth-order valence-corrected chi connectivity index (χ4v) is 5.86. The van der Waals surface area contributed by atoms with Gasteiger partial charge in [-0.25, -0.2) is 18.0 Å². The standard InChI is InChI=1S/C35H41F3N2O4/c1-5-42-34(41)32(44-26-12-8-24(9-13-26)35(2,3)4)16-22-6-10-25(11-7-22)43-15-14-40-20-27-28(21-40)33(27)39-19-23-17-30(37)31(38)18-29(23)36/h6-13,17-18,27-28,32-33,39H,5,14-16,19-21H2,1-4H3/t27-,28?,32-,33+/m0/s1. The van der Waals surface area contributed by atoms with Gasteiger partial charge in [0.05, 0.1) is 6.61 Å². The Labute approximate surface area is 257 Å². The van der Waals surface area contributed by atoms with Crippen LogP contribution in [-0.2, 0) is 27.9 Å². The van der Waals surface area contributed by atoms with Gasteiger partial charge in [0, 0.05) is 50.3 Å². The van der Waals surface area contributed by atoms with Gasteiger partial charge in [-0.3, -0.25) is 4.90 Å². The van der Waals surface area contributed by atoms with Crippen molar-refractivity contribution in [3.8, 4) is 11.5 Å². The minimum absolute atomic E-state index is 0.0257. The first kappa shape index (κ1) is 31.9. The van der Waals surface area contributed by atoms with Crippen molar-refractivity contribution in [1.82, 2.24) is 10.2 Å². The quantitative estimate of drug-likeness (QED) is 0.188. The Morgan fingerprint density at radius 3 is 2.20 bits per heavy atom. The molecular weight excluding hydrogens is 569 g/mol. The molecule has 1 aliphatic carbocycles. The summed E-state index contributed by atoms with van der Waals surface area (Å²) in [5.41, 5.74) is 2.28. The average Bonchev–Trinajstić information content (AvgIpc) is 3.43. The highest BCUT2D eigenvalue weighted by Crippen LogP contribution is 2.45. The third-order valence-electron chi connectivity index (χ3n) is 8.46. The molecular formula is C35H41F3N2O4. The Kier molecular flexibility index (Phi) is 9.85. The van der Waals surface area contributed by atoms with Gasteiger partial charge in [-0.1, -0.05) is 45.0 Å². The number of likely N-dealkylation sites (tertiary alicyclic amines) is 1. The predicted molar refractivity (Wildman–Crippen MR) is 162 cm³/mol. The smallest absolute Gasteiger partial charge is 0.347 e. The molecule has 1 aliphatic heterocycles. The summed E-state index contributed by atoms with van der Waals surface area (Å²) in [7, 11) is 0. The Hall–Kier alpha value is -3.56. The molecule has 1 N–H and O–H groups in total. The van der Waals surface area contributed by atoms with Gasteiger partial charge in [0.2, 0.25) is 0 Å². The molecule has 1 saturated heterocycles. The molecule has 0 amide bonds. The van der Waals surface area contributed by atoms with E-state index >= 15 is 0 Å². The maximum Gasteiger partial charge on any atom is 0.347 e. The maximum atomic E-state index is 13.9. The van der Waals surface area contributed by atoms with Gasteiger partial charge in [-0.05, 0) is 65.6 Å². The molecule has 2 fully saturated rings. The second kappa shape index (κ2) is 13.6. The minimum atomic E-state index is -1.17. The SMILES string of the molecule is CCOC(=O)[C@H](Cc1ccc(OCCN2CC3[C@H](C2)[C@H]3NCc2cc(F)c(F)cc2F)cc1)Oc1ccc(C(C)(C)C)cc1. The lowest BCUT2D eigenvalue weighted by Gasteiger charge is -2.21. The zero-order chi connectivity index (χ0) is 31.4. The lowest BCUT2D eigenvalue weighted by Crippen LogP contribution is -2.33. The van der Waals surface area contributed by atoms with Crippen molar-refractivity contribution >= 4 is 5.97 Å². The van der Waals surface area contributed by atoms with Crippen LogP contribution < -0.4 is 14.8 Å². The highest BCUT2D eigenvalue weighted by Gasteiger charge is 2.55. The number of piperidine rings is 1. The van der Waals surface area contributed by atoms with Crippen LogP contribution in [0.1, 0.15) is 44.4 Å². The number of hydrogen-bond donors (Lipinski definition) is 1. The fourth-order valence-electron chi connectivity index (χ4n) is 5.86. The summed E-state index contributed by atoms with van der Waals surface area (Å²) in [6.45, 7) is 11.8. The zero-order valence-electron chi connectivity index (χ0n) is 25.7. The fraction of sp³-hybridized carbons (Fsp3) is 0.457. The van der Waals surface area contributed by atoms with Crippen LogP contribution in [-0.4, -0.2) is 55.9 Å². The van der Waals surface area contributed by atoms with E-state index < -0.39 is 29.5 Å². The van der Waals surface area contributed by atoms with E-state index in [4.69, 9.17) is 14.2 Å². The molecule has 5 rings (SSSR count). The van der Waals surface area contributed by atoms with Gasteiger partial charge in [0.1, 0.15) is 23.9 Å². The van der Waals surface area contributed by atoms with Crippen LogP contribution in [0.5, 0.6) is 11.5 Å². The van der Waals surface area contributed by atoms with Crippen molar-refractivity contribution in [3.05, 3.63) is 94.8 Å². The molecule has 1 unspecified atom stereocenters. The Bertz CT molecular complexity index is 1410. The van der Waals surface area contributed by atoms with Crippen molar-refractivity contribution < 1.29 is 32.2 Å². The van der Waals surface area contributed by atoms with E-state index in [2.05, 4.69) is 31.0 Å². The number of fused-ring (bicyclic) bond motifs is 1. The number of halogens is 3. The predicted octanol–water partition coefficient (Wildman–Crippen LogP) is 6.05. The number of esters is 1. The van der Waals surface area contributed by atoms with Gasteiger partial charge in [-0.2, -0.15) is 0 Å². The number of nitrogens with zero attached hydrogens (tertiary/aromatic N) is 1. The maximum absolute atomic E-state index is 13.9. The average molecular weight is 611 g/mol. The lowest BCUT2D eigenvalue weighted by molar-refractivity contribution is -0.151. The molecule has 0 bridgehead atoms. The van der Waals surface area contributed by atoms with Crippen molar-refractivity contribution in [2.24, 2.45) is 11.8 Å². The normalized spacial score (nSPS) is 20.2. The molecule has 2 aliphatic rings. The Balaban J connectivity index is 1.05. The van der Waals surface area contributed by atoms with E-state index in [0.29, 0.717) is 36.7 Å². The lowest BCUT2D eigenvalue weighted by atomic mass is 9.87. The molecule has 1 saturated carbocycles. The van der Waals surface area contributed by atoms with Crippen LogP contribution >= 0.6 is 0 Å². The second-order valence-corrected chi connectivity index (χ2v) is 12.7. The van der Waals surface area contributed by atoms with Crippen molar-refractivity contribution in [2.75, 3.05) is 32.8 Å². The summed E-state index contributed by atoms with van der Waals surface area (Å²) in [6, 6.07) is 17.3. The van der Waals surface area contributed by atoms with Gasteiger partial charge < -0.3 is 19.5 Å². The monoisotopic (exact) mass is 610 g/mol. The molecule has 6 nitrogen and oxygen atoms in total. The first-order valence-corrected chi connectivity index (χ1v) is 15.3. The molecule has 3 aromatic carbocycles. The number of ether oxygens (including phenoxy) is 3. The number of nitrogens with one attached hydrogen (secondary N) is 1. The highest BCUT2D eigenvalue weighted by atomic mass is 19.2. The van der Waals surface area contributed by atoms with Crippen LogP contribution in [0.3, 0.4) is 0 Å². The Morgan fingerprint density at radius 1 is 0.932 bits per heavy atom. The van der Waals surface area contributed by atoms with Gasteiger partial charge in [-0.15, -0.1) is 0 Å². The number of rotatable bonds is 13. The van der Waals surface area contributed by atoms with Crippen LogP contribution in [0, 0.1) is 29.3 Å². The van der Waals surface area contributed by atoms with E-state index in [-0.39, 0.29) is 30.2 Å². The highest BCUT2D eigenvalue weighted by molar-refractivity contribution is 5.75. The van der Waals surface area contributed by atoms with Crippen molar-refractivity contribution in [3.63, 3.8) is 0 Å². The van der Waals surface area contributed by atoms with Crippen molar-refractivity contribution in [2.45, 2.75) is 58.2 Å². The largest absolute Gasteiger partial charge is 0.492 e. The third kappa shape index (κ3) is 7.93. The van der Waals surface area contributed by atoms with Crippen LogP contribution in [0.15, 0.2) is 60.7 Å². The summed E-state index contributed by atoms with van der Waals surface area (Å²) in [6.07, 6.45) is -0.396. The van der Waals surface area contributed by atoms with Gasteiger partial charge >= 0.3 is 5.97 Å². The molecule has 0 spiro atoms. The summed E-state index contributed by atoms with van der Waals surface area (Å²) >= 11 is 0. The number of hydrogen-bond acceptors (Lipinski definition) is 6. The molecule has 3 aromatic rings. The molecule has 9 heteroatoms. The first-order chi connectivity index (χ1) is 21.0. The number of carbonyl (C=O) groups is 1. The third-order valence-corrected chi connectivity index (χ3v) is 8.46. The number of benzene rings is 3. The van der Waals surface area contributed by atoms with Gasteiger partial charge in [0.15, 0.2) is 17.7 Å². The first-order valence-electron chi connectivity index (χ1n) is 15.3. The van der Waals surface area contributed by atoms with Gasteiger partial charge in [0.25, 0.3) is 0 Å². The summed E-state index contributed by atoms with van der Waals surface area (Å²) in [5.74, 6) is -1.04. The van der Waals surface area contributed by atoms with E-state index in [9.17, 15) is 18.0 Å². The van der Waals surface area contributed by atoms with Crippen LogP contribution in [0.4, 0.5) is 13.2 Å². The van der Waals surface area contributed by atoms with Crippen LogP contribution in [0.25, 0.3) is 0 Å². The van der Waals surface area contributed by atoms with E-state index in [1.165, 1.54) is 5.56 Å². The summed E-state index contributed by atoms with van der Waals surface area (Å²) in [5, 5.41) is 3.29. The Morgan fingerprint density at radius 2 is 1.57 bits per heavy atom. The van der Waals surface area contributed by atoms with Crippen LogP contribution in [0.2, 0.25) is 0 Å². The molecule has 4 atom stereocenters. The second-order valence-electron chi connectivity index (χ2n) is 12.7. The summed E-state index contributed by atoms with van der Waals surface area (Å²) < 4.78 is 57.8. The topological polar surface area (TPSA) is 60.0 Å². The van der Waals surface area contributed by atoms with E-state index in [1.54, 1.807) is 6.92 Å². The molecule has 0 radical (unpaired) electrons. The summed E-state index contributed by atoms with van der Waals surface area (Å²) in [4.78, 5) is 15.0. The number of carbonyl (C=O) groups excluding carboxylic acids is 1. The van der Waals surface area contributed by atoms with E-state index in [1.807, 2.05) is 48.5 Å². The molecule has 44 heavy (non-hydrogen) atoms. The van der Waals surface area contributed by atoms with E-state index in [0.717, 1.165) is 37.0 Å². The van der Waals surface area contributed by atoms with Crippen molar-refractivity contribution in [1.29, 1.82) is 0 Å².